The molecule has 0 bridgehead atoms. The summed E-state index contributed by atoms with van der Waals surface area (Å²) in [7, 11) is 0. The Morgan fingerprint density at radius 1 is 1.55 bits per heavy atom. The second-order valence-electron chi connectivity index (χ2n) is 4.33. The summed E-state index contributed by atoms with van der Waals surface area (Å²) in [5.41, 5.74) is -0.206. The predicted molar refractivity (Wildman–Crippen MR) is 67.4 cm³/mol. The summed E-state index contributed by atoms with van der Waals surface area (Å²) >= 11 is 0. The summed E-state index contributed by atoms with van der Waals surface area (Å²) in [5.74, 6) is -1.33. The summed E-state index contributed by atoms with van der Waals surface area (Å²) in [5, 5.41) is 19.7. The molecular formula is C11H14N4O5. The highest BCUT2D eigenvalue weighted by molar-refractivity contribution is 5.72. The van der Waals surface area contributed by atoms with Crippen LogP contribution in [0.1, 0.15) is 6.92 Å². The van der Waals surface area contributed by atoms with E-state index in [0.717, 1.165) is 12.4 Å². The van der Waals surface area contributed by atoms with Crippen LogP contribution in [0.25, 0.3) is 0 Å². The van der Waals surface area contributed by atoms with Crippen molar-refractivity contribution in [2.75, 3.05) is 24.7 Å². The number of nitrogens with zero attached hydrogens (tertiary/aromatic N) is 4. The number of nitro groups is 1. The van der Waals surface area contributed by atoms with Gasteiger partial charge in [-0.1, -0.05) is 0 Å². The Morgan fingerprint density at radius 2 is 2.20 bits per heavy atom. The van der Waals surface area contributed by atoms with Crippen molar-refractivity contribution in [2.24, 2.45) is 5.92 Å². The second kappa shape index (κ2) is 5.78. The van der Waals surface area contributed by atoms with Crippen LogP contribution in [0, 0.1) is 16.0 Å². The molecule has 0 radical (unpaired) electrons. The molecule has 0 saturated carbocycles. The molecule has 0 spiro atoms. The molecule has 0 amide bonds. The van der Waals surface area contributed by atoms with E-state index in [2.05, 4.69) is 9.97 Å². The number of ether oxygens (including phenoxy) is 1. The molecule has 9 heteroatoms. The van der Waals surface area contributed by atoms with E-state index in [1.54, 1.807) is 4.90 Å². The monoisotopic (exact) mass is 282 g/mol. The van der Waals surface area contributed by atoms with Gasteiger partial charge in [-0.2, -0.15) is 0 Å². The molecule has 2 atom stereocenters. The minimum absolute atomic E-state index is 0.142. The lowest BCUT2D eigenvalue weighted by Crippen LogP contribution is -2.44. The van der Waals surface area contributed by atoms with Crippen LogP contribution in [0.3, 0.4) is 0 Å². The first kappa shape index (κ1) is 14.1. The molecule has 2 heterocycles. The maximum absolute atomic E-state index is 11.2. The highest BCUT2D eigenvalue weighted by atomic mass is 16.6. The van der Waals surface area contributed by atoms with Gasteiger partial charge in [0.1, 0.15) is 18.3 Å². The number of anilines is 1. The first-order chi connectivity index (χ1) is 9.54. The number of rotatable bonds is 5. The lowest BCUT2D eigenvalue weighted by atomic mass is 10.0. The average Bonchev–Trinajstić information content (AvgIpc) is 2.89. The summed E-state index contributed by atoms with van der Waals surface area (Å²) < 4.78 is 5.21. The van der Waals surface area contributed by atoms with Crippen LogP contribution in [-0.4, -0.2) is 51.8 Å². The largest absolute Gasteiger partial charge is 0.481 e. The topological polar surface area (TPSA) is 119 Å². The summed E-state index contributed by atoms with van der Waals surface area (Å²) in [6, 6.07) is -0.376. The van der Waals surface area contributed by atoms with E-state index in [4.69, 9.17) is 9.84 Å². The van der Waals surface area contributed by atoms with Crippen molar-refractivity contribution < 1.29 is 19.6 Å². The normalized spacial score (nSPS) is 21.6. The van der Waals surface area contributed by atoms with Gasteiger partial charge < -0.3 is 14.7 Å². The van der Waals surface area contributed by atoms with E-state index < -0.39 is 16.8 Å². The van der Waals surface area contributed by atoms with Gasteiger partial charge in [-0.25, -0.2) is 9.97 Å². The van der Waals surface area contributed by atoms with Gasteiger partial charge in [-0.3, -0.25) is 14.9 Å². The standard InChI is InChI=1S/C11H14N4O5/c1-2-14(9-6-20-5-8(9)10(16)17)11-12-3-7(4-13-11)15(18)19/h3-4,8-9H,2,5-6H2,1H3,(H,16,17). The van der Waals surface area contributed by atoms with E-state index in [1.807, 2.05) is 6.92 Å². The summed E-state index contributed by atoms with van der Waals surface area (Å²) in [6.07, 6.45) is 2.22. The lowest BCUT2D eigenvalue weighted by Gasteiger charge is -2.28. The minimum atomic E-state index is -0.937. The fraction of sp³-hybridized carbons (Fsp3) is 0.545. The van der Waals surface area contributed by atoms with Gasteiger partial charge in [0, 0.05) is 6.54 Å². The van der Waals surface area contributed by atoms with Crippen molar-refractivity contribution in [1.29, 1.82) is 0 Å². The fourth-order valence-electron chi connectivity index (χ4n) is 2.17. The number of carbonyl (C=O) groups is 1. The van der Waals surface area contributed by atoms with Crippen molar-refractivity contribution in [1.82, 2.24) is 9.97 Å². The molecule has 2 rings (SSSR count). The molecule has 108 valence electrons. The smallest absolute Gasteiger partial charge is 0.311 e. The van der Waals surface area contributed by atoms with Crippen LogP contribution in [-0.2, 0) is 9.53 Å². The molecule has 2 unspecified atom stereocenters. The van der Waals surface area contributed by atoms with Crippen molar-refractivity contribution in [3.63, 3.8) is 0 Å². The Morgan fingerprint density at radius 3 is 2.70 bits per heavy atom. The van der Waals surface area contributed by atoms with E-state index >= 15 is 0 Å². The van der Waals surface area contributed by atoms with E-state index in [0.29, 0.717) is 6.54 Å². The molecule has 1 aromatic heterocycles. The number of aromatic nitrogens is 2. The number of carboxylic acids is 1. The van der Waals surface area contributed by atoms with Crippen LogP contribution >= 0.6 is 0 Å². The van der Waals surface area contributed by atoms with Crippen LogP contribution in [0.2, 0.25) is 0 Å². The van der Waals surface area contributed by atoms with Crippen LogP contribution in [0.15, 0.2) is 12.4 Å². The van der Waals surface area contributed by atoms with Crippen molar-refractivity contribution >= 4 is 17.6 Å². The maximum Gasteiger partial charge on any atom is 0.311 e. The molecule has 1 aromatic rings. The SMILES string of the molecule is CCN(c1ncc([N+](=O)[O-])cn1)C1COCC1C(=O)O. The molecule has 0 aliphatic carbocycles. The van der Waals surface area contributed by atoms with Gasteiger partial charge in [0.15, 0.2) is 0 Å². The first-order valence-electron chi connectivity index (χ1n) is 6.08. The number of aliphatic carboxylic acids is 1. The number of hydrogen-bond acceptors (Lipinski definition) is 7. The molecule has 9 nitrogen and oxygen atoms in total. The zero-order valence-electron chi connectivity index (χ0n) is 10.8. The molecule has 1 aliphatic rings. The van der Waals surface area contributed by atoms with Gasteiger partial charge in [0.2, 0.25) is 5.95 Å². The zero-order chi connectivity index (χ0) is 14.7. The quantitative estimate of drug-likeness (QED) is 0.605. The lowest BCUT2D eigenvalue weighted by molar-refractivity contribution is -0.385. The Balaban J connectivity index is 2.23. The maximum atomic E-state index is 11.2. The summed E-state index contributed by atoms with van der Waals surface area (Å²) in [4.78, 5) is 30.7. The second-order valence-corrected chi connectivity index (χ2v) is 4.33. The van der Waals surface area contributed by atoms with E-state index in [1.165, 1.54) is 0 Å². The fourth-order valence-corrected chi connectivity index (χ4v) is 2.17. The molecule has 1 aliphatic heterocycles. The zero-order valence-corrected chi connectivity index (χ0v) is 10.8. The third kappa shape index (κ3) is 2.67. The third-order valence-corrected chi connectivity index (χ3v) is 3.20. The molecule has 1 saturated heterocycles. The minimum Gasteiger partial charge on any atom is -0.481 e. The number of carboxylic acid groups (broad SMARTS) is 1. The Labute approximate surface area is 114 Å². The third-order valence-electron chi connectivity index (χ3n) is 3.20. The van der Waals surface area contributed by atoms with Crippen molar-refractivity contribution in [2.45, 2.75) is 13.0 Å². The van der Waals surface area contributed by atoms with E-state index in [9.17, 15) is 14.9 Å². The first-order valence-corrected chi connectivity index (χ1v) is 6.08. The Bertz CT molecular complexity index is 506. The van der Waals surface area contributed by atoms with Gasteiger partial charge in [-0.05, 0) is 6.92 Å². The highest BCUT2D eigenvalue weighted by Gasteiger charge is 2.38. The van der Waals surface area contributed by atoms with E-state index in [-0.39, 0.29) is 30.9 Å². The Hall–Kier alpha value is -2.29. The van der Waals surface area contributed by atoms with Gasteiger partial charge in [-0.15, -0.1) is 0 Å². The number of hydrogen-bond donors (Lipinski definition) is 1. The average molecular weight is 282 g/mol. The molecule has 1 N–H and O–H groups in total. The molecular weight excluding hydrogens is 268 g/mol. The van der Waals surface area contributed by atoms with Gasteiger partial charge in [0.25, 0.3) is 0 Å². The van der Waals surface area contributed by atoms with Crippen LogP contribution < -0.4 is 4.90 Å². The van der Waals surface area contributed by atoms with Crippen LogP contribution in [0.5, 0.6) is 0 Å². The van der Waals surface area contributed by atoms with Gasteiger partial charge >= 0.3 is 11.7 Å². The molecule has 20 heavy (non-hydrogen) atoms. The summed E-state index contributed by atoms with van der Waals surface area (Å²) in [6.45, 7) is 2.73. The Kier molecular flexibility index (Phi) is 4.08. The molecule has 1 fully saturated rings. The van der Waals surface area contributed by atoms with Crippen molar-refractivity contribution in [3.8, 4) is 0 Å². The molecule has 0 aromatic carbocycles. The predicted octanol–water partition coefficient (Wildman–Crippen LogP) is 0.311. The number of likely N-dealkylation sites (N-methyl/N-ethyl adjacent to an activating group) is 1. The highest BCUT2D eigenvalue weighted by Crippen LogP contribution is 2.23. The van der Waals surface area contributed by atoms with Crippen LogP contribution in [0.4, 0.5) is 11.6 Å². The van der Waals surface area contributed by atoms with Gasteiger partial charge in [0.05, 0.1) is 24.2 Å². The van der Waals surface area contributed by atoms with Crippen molar-refractivity contribution in [3.05, 3.63) is 22.5 Å².